The van der Waals surface area contributed by atoms with Gasteiger partial charge < -0.3 is 97.9 Å². The second kappa shape index (κ2) is 14.4. The molecule has 19 nitrogen and oxygen atoms in total. The molecule has 4 rings (SSSR count). The van der Waals surface area contributed by atoms with Gasteiger partial charge in [0.25, 0.3) is 0 Å². The van der Waals surface area contributed by atoms with Gasteiger partial charge in [0.1, 0.15) is 48.3 Å². The lowest BCUT2D eigenvalue weighted by Gasteiger charge is -2.48. The summed E-state index contributed by atoms with van der Waals surface area (Å²) in [5, 5.41) is 83.6. The first-order chi connectivity index (χ1) is 21.1. The molecule has 3 saturated heterocycles. The first-order valence-electron chi connectivity index (χ1n) is 15.0. The Morgan fingerprint density at radius 2 is 1.36 bits per heavy atom. The summed E-state index contributed by atoms with van der Waals surface area (Å²) in [5.41, 5.74) is 28.9. The highest BCUT2D eigenvalue weighted by Gasteiger charge is 2.63. The van der Waals surface area contributed by atoms with Crippen molar-refractivity contribution < 1.29 is 69.3 Å². The summed E-state index contributed by atoms with van der Waals surface area (Å²) in [6.45, 7) is 0.779. The lowest BCUT2D eigenvalue weighted by atomic mass is 9.84. The van der Waals surface area contributed by atoms with E-state index in [1.54, 1.807) is 0 Å². The van der Waals surface area contributed by atoms with Crippen molar-refractivity contribution in [3.05, 3.63) is 0 Å². The third-order valence-electron chi connectivity index (χ3n) is 9.49. The second-order valence-electron chi connectivity index (χ2n) is 12.8. The van der Waals surface area contributed by atoms with Crippen LogP contribution in [0.15, 0.2) is 0 Å². The average Bonchev–Trinajstić information content (AvgIpc) is 3.19. The Hall–Kier alpha value is -0.760. The van der Waals surface area contributed by atoms with E-state index in [-0.39, 0.29) is 13.0 Å². The molecular weight excluding hydrogens is 606 g/mol. The zero-order valence-electron chi connectivity index (χ0n) is 25.3. The van der Waals surface area contributed by atoms with E-state index < -0.39 is 135 Å². The van der Waals surface area contributed by atoms with Crippen molar-refractivity contribution in [2.45, 2.75) is 129 Å². The van der Waals surface area contributed by atoms with Gasteiger partial charge >= 0.3 is 0 Å². The summed E-state index contributed by atoms with van der Waals surface area (Å²) in [6.07, 6.45) is -16.2. The Balaban J connectivity index is 1.58. The van der Waals surface area contributed by atoms with E-state index in [9.17, 15) is 40.9 Å². The molecule has 18 N–H and O–H groups in total. The molecule has 19 atom stereocenters. The minimum atomic E-state index is -2.02. The van der Waals surface area contributed by atoms with Crippen molar-refractivity contribution in [2.75, 3.05) is 26.4 Å². The maximum atomic E-state index is 11.6. The minimum Gasteiger partial charge on any atom is -0.396 e. The molecule has 4 fully saturated rings. The van der Waals surface area contributed by atoms with Gasteiger partial charge in [-0.25, -0.2) is 0 Å². The highest BCUT2D eigenvalue weighted by molar-refractivity contribution is 5.07. The molecule has 45 heavy (non-hydrogen) atoms. The predicted molar refractivity (Wildman–Crippen MR) is 150 cm³/mol. The van der Waals surface area contributed by atoms with Crippen molar-refractivity contribution in [3.8, 4) is 0 Å². The number of aliphatic hydroxyl groups excluding tert-OH is 8. The summed E-state index contributed by atoms with van der Waals surface area (Å²) < 4.78 is 35.7. The fourth-order valence-electron chi connectivity index (χ4n) is 6.60. The number of hydrogen-bond donors (Lipinski definition) is 13. The quantitative estimate of drug-likeness (QED) is 0.104. The van der Waals surface area contributed by atoms with Gasteiger partial charge in [0, 0.05) is 24.5 Å². The standard InChI is InChI=1S/C26H51N5O14/c1-25(7-34)22(43-23-13(30)8(5-32)15(35)11(4-27)40-23)21(39)26(2,45-25)44-20-16(36)9(28)3-10(29)19(20)42-24-14(31)18(38)17(37)12(6-33)41-24/h8-24,32-39H,3-7,27-31H2,1-2H3/t8?,9-,10?,11+,12?,13?,14?,15+,16?,17-,18?,19-,20?,21?,22?,23-,24-,25?,26?/m1/s1. The maximum absolute atomic E-state index is 11.6. The maximum Gasteiger partial charge on any atom is 0.195 e. The minimum absolute atomic E-state index is 0.0551. The molecule has 12 unspecified atom stereocenters. The zero-order valence-corrected chi connectivity index (χ0v) is 25.3. The van der Waals surface area contributed by atoms with Gasteiger partial charge in [0.15, 0.2) is 18.4 Å². The molecule has 3 aliphatic heterocycles. The summed E-state index contributed by atoms with van der Waals surface area (Å²) in [5.74, 6) is -2.90. The van der Waals surface area contributed by atoms with E-state index >= 15 is 0 Å². The molecule has 0 aromatic rings. The molecule has 264 valence electrons. The van der Waals surface area contributed by atoms with Crippen molar-refractivity contribution in [2.24, 2.45) is 34.6 Å². The first-order valence-corrected chi connectivity index (χ1v) is 15.0. The molecule has 4 aliphatic rings. The van der Waals surface area contributed by atoms with E-state index in [0.29, 0.717) is 0 Å². The Bertz CT molecular complexity index is 977. The molecular formula is C26H51N5O14. The molecule has 3 heterocycles. The normalized spacial score (nSPS) is 54.3. The highest BCUT2D eigenvalue weighted by atomic mass is 16.8. The Morgan fingerprint density at radius 1 is 0.733 bits per heavy atom. The third-order valence-corrected chi connectivity index (χ3v) is 9.49. The first kappa shape index (κ1) is 37.1. The van der Waals surface area contributed by atoms with Gasteiger partial charge in [-0.15, -0.1) is 0 Å². The lowest BCUT2D eigenvalue weighted by molar-refractivity contribution is -0.338. The summed E-state index contributed by atoms with van der Waals surface area (Å²) in [4.78, 5) is 0. The summed E-state index contributed by atoms with van der Waals surface area (Å²) in [6, 6.07) is -4.17. The van der Waals surface area contributed by atoms with Gasteiger partial charge in [0.2, 0.25) is 0 Å². The van der Waals surface area contributed by atoms with Crippen LogP contribution in [0.5, 0.6) is 0 Å². The largest absolute Gasteiger partial charge is 0.396 e. The molecule has 0 bridgehead atoms. The van der Waals surface area contributed by atoms with Crippen LogP contribution in [-0.2, 0) is 28.4 Å². The third kappa shape index (κ3) is 6.90. The van der Waals surface area contributed by atoms with Gasteiger partial charge in [-0.05, 0) is 20.3 Å². The van der Waals surface area contributed by atoms with Gasteiger partial charge in [-0.3, -0.25) is 0 Å². The topological polar surface area (TPSA) is 347 Å². The molecule has 0 spiro atoms. The van der Waals surface area contributed by atoms with Crippen LogP contribution in [-0.4, -0.2) is 176 Å². The number of hydrogen-bond acceptors (Lipinski definition) is 19. The predicted octanol–water partition coefficient (Wildman–Crippen LogP) is -7.83. The number of aliphatic hydroxyl groups is 8. The Labute approximate surface area is 260 Å². The van der Waals surface area contributed by atoms with Crippen molar-refractivity contribution in [1.29, 1.82) is 0 Å². The molecule has 0 radical (unpaired) electrons. The number of ether oxygens (including phenoxy) is 6. The number of rotatable bonds is 10. The molecule has 0 aromatic carbocycles. The van der Waals surface area contributed by atoms with Crippen LogP contribution in [0.4, 0.5) is 0 Å². The van der Waals surface area contributed by atoms with Crippen LogP contribution in [0.3, 0.4) is 0 Å². The Kier molecular flexibility index (Phi) is 11.8. The smallest absolute Gasteiger partial charge is 0.195 e. The summed E-state index contributed by atoms with van der Waals surface area (Å²) >= 11 is 0. The van der Waals surface area contributed by atoms with Crippen molar-refractivity contribution in [3.63, 3.8) is 0 Å². The molecule has 1 aliphatic carbocycles. The molecule has 0 aromatic heterocycles. The van der Waals surface area contributed by atoms with Crippen LogP contribution >= 0.6 is 0 Å². The molecule has 0 amide bonds. The van der Waals surface area contributed by atoms with Crippen molar-refractivity contribution >= 4 is 0 Å². The van der Waals surface area contributed by atoms with Gasteiger partial charge in [0.05, 0.1) is 50.2 Å². The summed E-state index contributed by atoms with van der Waals surface area (Å²) in [7, 11) is 0. The number of nitrogens with two attached hydrogens (primary N) is 5. The van der Waals surface area contributed by atoms with Crippen LogP contribution < -0.4 is 28.7 Å². The molecule has 1 saturated carbocycles. The fourth-order valence-corrected chi connectivity index (χ4v) is 6.60. The van der Waals surface area contributed by atoms with Gasteiger partial charge in [-0.2, -0.15) is 0 Å². The monoisotopic (exact) mass is 657 g/mol. The van der Waals surface area contributed by atoms with E-state index in [1.807, 2.05) is 0 Å². The molecule has 19 heteroatoms. The fraction of sp³-hybridized carbons (Fsp3) is 1.00. The van der Waals surface area contributed by atoms with Crippen LogP contribution in [0.25, 0.3) is 0 Å². The van der Waals surface area contributed by atoms with Crippen LogP contribution in [0, 0.1) is 5.92 Å². The average molecular weight is 658 g/mol. The van der Waals surface area contributed by atoms with Crippen molar-refractivity contribution in [1.82, 2.24) is 0 Å². The van der Waals surface area contributed by atoms with E-state index in [2.05, 4.69) is 0 Å². The lowest BCUT2D eigenvalue weighted by Crippen LogP contribution is -2.68. The van der Waals surface area contributed by atoms with E-state index in [1.165, 1.54) is 13.8 Å². The SMILES string of the molecule is CC1(CO)OC(C)(OC2C(O)[C@H](N)CC(N)[C@H]2O[C@H]2OC(CO)[C@@H](O)C(O)C2N)C(O)C1O[C@H]1O[C@@H](CN)[C@@H](O)C(CO)C1N. The van der Waals surface area contributed by atoms with Crippen LogP contribution in [0.1, 0.15) is 20.3 Å². The Morgan fingerprint density at radius 3 is 1.93 bits per heavy atom. The van der Waals surface area contributed by atoms with E-state index in [4.69, 9.17) is 57.1 Å². The highest BCUT2D eigenvalue weighted by Crippen LogP contribution is 2.44. The van der Waals surface area contributed by atoms with Gasteiger partial charge in [-0.1, -0.05) is 0 Å². The van der Waals surface area contributed by atoms with E-state index in [0.717, 1.165) is 0 Å². The zero-order chi connectivity index (χ0) is 33.6. The van der Waals surface area contributed by atoms with Crippen LogP contribution in [0.2, 0.25) is 0 Å². The second-order valence-corrected chi connectivity index (χ2v) is 12.8.